The molecule has 0 saturated carbocycles. The fraction of sp³-hybridized carbons (Fsp3) is 0.167. The average Bonchev–Trinajstić information content (AvgIpc) is 2.75. The first-order valence-electron chi connectivity index (χ1n) is 5.38. The first-order chi connectivity index (χ1) is 8.58. The van der Waals surface area contributed by atoms with Gasteiger partial charge in [0.15, 0.2) is 0 Å². The summed E-state index contributed by atoms with van der Waals surface area (Å²) in [5.74, 6) is -0.900. The fourth-order valence-corrected chi connectivity index (χ4v) is 1.57. The SMILES string of the molecule is Cn1nccc1CNC(=O)c1cc(F)ccc1N. The molecule has 1 aromatic heterocycles. The summed E-state index contributed by atoms with van der Waals surface area (Å²) in [4.78, 5) is 11.8. The molecule has 0 aliphatic heterocycles. The largest absolute Gasteiger partial charge is 0.398 e. The Balaban J connectivity index is 2.08. The summed E-state index contributed by atoms with van der Waals surface area (Å²) >= 11 is 0. The number of nitrogen functional groups attached to an aromatic ring is 1. The summed E-state index contributed by atoms with van der Waals surface area (Å²) in [6, 6.07) is 5.49. The van der Waals surface area contributed by atoms with Crippen molar-refractivity contribution in [2.75, 3.05) is 5.73 Å². The van der Waals surface area contributed by atoms with Gasteiger partial charge in [-0.2, -0.15) is 5.10 Å². The number of hydrogen-bond acceptors (Lipinski definition) is 3. The van der Waals surface area contributed by atoms with Gasteiger partial charge in [-0.15, -0.1) is 0 Å². The summed E-state index contributed by atoms with van der Waals surface area (Å²) in [7, 11) is 1.78. The molecule has 0 bridgehead atoms. The molecule has 0 fully saturated rings. The smallest absolute Gasteiger partial charge is 0.253 e. The maximum Gasteiger partial charge on any atom is 0.253 e. The van der Waals surface area contributed by atoms with Crippen LogP contribution in [0.25, 0.3) is 0 Å². The zero-order valence-corrected chi connectivity index (χ0v) is 9.85. The topological polar surface area (TPSA) is 72.9 Å². The third-order valence-electron chi connectivity index (χ3n) is 2.61. The van der Waals surface area contributed by atoms with Crippen molar-refractivity contribution < 1.29 is 9.18 Å². The summed E-state index contributed by atoms with van der Waals surface area (Å²) in [6.45, 7) is 0.311. The van der Waals surface area contributed by atoms with Crippen LogP contribution in [0.5, 0.6) is 0 Å². The lowest BCUT2D eigenvalue weighted by molar-refractivity contribution is 0.0950. The van der Waals surface area contributed by atoms with E-state index in [1.54, 1.807) is 24.0 Å². The molecule has 0 aliphatic rings. The van der Waals surface area contributed by atoms with Gasteiger partial charge in [0.25, 0.3) is 5.91 Å². The van der Waals surface area contributed by atoms with Gasteiger partial charge < -0.3 is 11.1 Å². The van der Waals surface area contributed by atoms with Gasteiger partial charge in [0, 0.05) is 18.9 Å². The van der Waals surface area contributed by atoms with Gasteiger partial charge in [-0.05, 0) is 24.3 Å². The molecule has 2 rings (SSSR count). The van der Waals surface area contributed by atoms with Gasteiger partial charge in [0.1, 0.15) is 5.82 Å². The molecule has 6 heteroatoms. The normalized spacial score (nSPS) is 10.3. The lowest BCUT2D eigenvalue weighted by Gasteiger charge is -2.07. The van der Waals surface area contributed by atoms with Crippen LogP contribution in [0, 0.1) is 5.82 Å². The summed E-state index contributed by atoms with van der Waals surface area (Å²) in [5, 5.41) is 6.64. The van der Waals surface area contributed by atoms with Crippen molar-refractivity contribution in [1.29, 1.82) is 0 Å². The Kier molecular flexibility index (Phi) is 3.27. The molecule has 0 saturated heterocycles. The highest BCUT2D eigenvalue weighted by Gasteiger charge is 2.11. The second-order valence-electron chi connectivity index (χ2n) is 3.86. The highest BCUT2D eigenvalue weighted by atomic mass is 19.1. The van der Waals surface area contributed by atoms with Crippen LogP contribution in [0.4, 0.5) is 10.1 Å². The standard InChI is InChI=1S/C12H13FN4O/c1-17-9(4-5-16-17)7-15-12(18)10-6-8(13)2-3-11(10)14/h2-6H,7,14H2,1H3,(H,15,18). The monoisotopic (exact) mass is 248 g/mol. The van der Waals surface area contributed by atoms with Gasteiger partial charge in [-0.3, -0.25) is 9.48 Å². The number of nitrogens with zero attached hydrogens (tertiary/aromatic N) is 2. The van der Waals surface area contributed by atoms with E-state index in [0.717, 1.165) is 11.8 Å². The Morgan fingerprint density at radius 1 is 1.50 bits per heavy atom. The van der Waals surface area contributed by atoms with Crippen molar-refractivity contribution in [3.63, 3.8) is 0 Å². The maximum absolute atomic E-state index is 13.0. The summed E-state index contributed by atoms with van der Waals surface area (Å²) in [6.07, 6.45) is 1.64. The van der Waals surface area contributed by atoms with Gasteiger partial charge in [-0.1, -0.05) is 0 Å². The maximum atomic E-state index is 13.0. The molecule has 1 amide bonds. The van der Waals surface area contributed by atoms with E-state index >= 15 is 0 Å². The number of hydrogen-bond donors (Lipinski definition) is 2. The second kappa shape index (κ2) is 4.87. The molecule has 0 spiro atoms. The number of halogens is 1. The first kappa shape index (κ1) is 12.1. The Morgan fingerprint density at radius 3 is 2.94 bits per heavy atom. The summed E-state index contributed by atoms with van der Waals surface area (Å²) < 4.78 is 14.7. The van der Waals surface area contributed by atoms with Crippen molar-refractivity contribution in [3.8, 4) is 0 Å². The predicted molar refractivity (Wildman–Crippen MR) is 65.2 cm³/mol. The minimum Gasteiger partial charge on any atom is -0.398 e. The number of carbonyl (C=O) groups is 1. The molecule has 1 heterocycles. The van der Waals surface area contributed by atoms with Crippen LogP contribution in [0.2, 0.25) is 0 Å². The van der Waals surface area contributed by atoms with Crippen molar-refractivity contribution in [2.24, 2.45) is 7.05 Å². The number of amides is 1. The number of nitrogens with two attached hydrogens (primary N) is 1. The molecule has 1 aromatic carbocycles. The van der Waals surface area contributed by atoms with E-state index in [2.05, 4.69) is 10.4 Å². The van der Waals surface area contributed by atoms with Crippen LogP contribution in [-0.2, 0) is 13.6 Å². The number of carbonyl (C=O) groups excluding carboxylic acids is 1. The molecule has 0 atom stereocenters. The van der Waals surface area contributed by atoms with Crippen LogP contribution < -0.4 is 11.1 Å². The second-order valence-corrected chi connectivity index (χ2v) is 3.86. The zero-order valence-electron chi connectivity index (χ0n) is 9.85. The van der Waals surface area contributed by atoms with Crippen molar-refractivity contribution in [1.82, 2.24) is 15.1 Å². The highest BCUT2D eigenvalue weighted by molar-refractivity contribution is 5.99. The molecular formula is C12H13FN4O. The number of rotatable bonds is 3. The Morgan fingerprint density at radius 2 is 2.28 bits per heavy atom. The molecule has 2 aromatic rings. The Labute approximate surface area is 103 Å². The van der Waals surface area contributed by atoms with E-state index in [0.29, 0.717) is 6.54 Å². The lowest BCUT2D eigenvalue weighted by Crippen LogP contribution is -2.25. The van der Waals surface area contributed by atoms with Gasteiger partial charge in [0.2, 0.25) is 0 Å². The highest BCUT2D eigenvalue weighted by Crippen LogP contribution is 2.13. The minimum atomic E-state index is -0.491. The van der Waals surface area contributed by atoms with Crippen LogP contribution in [0.15, 0.2) is 30.5 Å². The minimum absolute atomic E-state index is 0.136. The van der Waals surface area contributed by atoms with E-state index in [1.165, 1.54) is 12.1 Å². The number of aromatic nitrogens is 2. The number of benzene rings is 1. The Bertz CT molecular complexity index is 579. The van der Waals surface area contributed by atoms with Crippen molar-refractivity contribution in [3.05, 3.63) is 47.5 Å². The molecule has 0 unspecified atom stereocenters. The van der Waals surface area contributed by atoms with E-state index in [1.807, 2.05) is 0 Å². The van der Waals surface area contributed by atoms with Gasteiger partial charge in [0.05, 0.1) is 17.8 Å². The molecule has 3 N–H and O–H groups in total. The van der Waals surface area contributed by atoms with Gasteiger partial charge >= 0.3 is 0 Å². The number of anilines is 1. The van der Waals surface area contributed by atoms with E-state index in [4.69, 9.17) is 5.73 Å². The van der Waals surface area contributed by atoms with E-state index < -0.39 is 11.7 Å². The molecule has 0 aliphatic carbocycles. The third-order valence-corrected chi connectivity index (χ3v) is 2.61. The Hall–Kier alpha value is -2.37. The predicted octanol–water partition coefficient (Wildman–Crippen LogP) is 1.07. The summed E-state index contributed by atoms with van der Waals surface area (Å²) in [5.41, 5.74) is 6.86. The van der Waals surface area contributed by atoms with Crippen molar-refractivity contribution >= 4 is 11.6 Å². The lowest BCUT2D eigenvalue weighted by atomic mass is 10.1. The van der Waals surface area contributed by atoms with E-state index in [-0.39, 0.29) is 11.3 Å². The molecular weight excluding hydrogens is 235 g/mol. The van der Waals surface area contributed by atoms with Crippen molar-refractivity contribution in [2.45, 2.75) is 6.54 Å². The van der Waals surface area contributed by atoms with Crippen LogP contribution in [0.3, 0.4) is 0 Å². The van der Waals surface area contributed by atoms with Crippen LogP contribution in [0.1, 0.15) is 16.1 Å². The first-order valence-corrected chi connectivity index (χ1v) is 5.38. The van der Waals surface area contributed by atoms with E-state index in [9.17, 15) is 9.18 Å². The molecule has 18 heavy (non-hydrogen) atoms. The molecule has 0 radical (unpaired) electrons. The average molecular weight is 248 g/mol. The molecule has 5 nitrogen and oxygen atoms in total. The van der Waals surface area contributed by atoms with Gasteiger partial charge in [-0.25, -0.2) is 4.39 Å². The fourth-order valence-electron chi connectivity index (χ4n) is 1.57. The zero-order chi connectivity index (χ0) is 13.1. The van der Waals surface area contributed by atoms with Crippen LogP contribution in [-0.4, -0.2) is 15.7 Å². The number of nitrogens with one attached hydrogen (secondary N) is 1. The quantitative estimate of drug-likeness (QED) is 0.798. The number of aryl methyl sites for hydroxylation is 1. The van der Waals surface area contributed by atoms with Crippen LogP contribution >= 0.6 is 0 Å². The third kappa shape index (κ3) is 2.48. The molecule has 94 valence electrons.